The van der Waals surface area contributed by atoms with Crippen molar-refractivity contribution in [1.29, 1.82) is 0 Å². The summed E-state index contributed by atoms with van der Waals surface area (Å²) in [5.41, 5.74) is 4.68. The molecule has 2 aromatic rings. The zero-order valence-corrected chi connectivity index (χ0v) is 19.5. The number of hydrogen-bond donors (Lipinski definition) is 2. The van der Waals surface area contributed by atoms with E-state index in [9.17, 15) is 14.4 Å². The van der Waals surface area contributed by atoms with Crippen molar-refractivity contribution in [3.8, 4) is 11.1 Å². The number of ether oxygens (including phenoxy) is 1. The molecule has 0 saturated carbocycles. The van der Waals surface area contributed by atoms with Crippen LogP contribution in [0.3, 0.4) is 0 Å². The highest BCUT2D eigenvalue weighted by Crippen LogP contribution is 2.44. The highest BCUT2D eigenvalue weighted by molar-refractivity contribution is 5.79. The molecule has 2 unspecified atom stereocenters. The van der Waals surface area contributed by atoms with Crippen molar-refractivity contribution in [2.24, 2.45) is 5.92 Å². The maximum absolute atomic E-state index is 12.8. The second-order valence-electron chi connectivity index (χ2n) is 9.17. The van der Waals surface area contributed by atoms with E-state index < -0.39 is 12.1 Å². The predicted molar refractivity (Wildman–Crippen MR) is 128 cm³/mol. The number of carboxylic acids is 1. The number of benzene rings is 2. The third-order valence-corrected chi connectivity index (χ3v) is 7.03. The zero-order valence-electron chi connectivity index (χ0n) is 19.5. The standard InChI is InChI=1S/C27H32N2O5/c1-2-18(14-25(30)29-13-7-8-19(29)15-26(31)32)16-28-27(33)34-17-24-22-11-5-3-9-20(22)21-10-4-6-12-23(21)24/h3-6,9-12,18-19,24H,2,7-8,13-17H2,1H3,(H,28,33)(H,31,32). The van der Waals surface area contributed by atoms with E-state index in [1.807, 2.05) is 31.2 Å². The van der Waals surface area contributed by atoms with E-state index >= 15 is 0 Å². The van der Waals surface area contributed by atoms with Crippen LogP contribution >= 0.6 is 0 Å². The Morgan fingerprint density at radius 3 is 2.35 bits per heavy atom. The average molecular weight is 465 g/mol. The normalized spacial score (nSPS) is 17.7. The number of carboxylic acid groups (broad SMARTS) is 1. The number of nitrogens with one attached hydrogen (secondary N) is 1. The lowest BCUT2D eigenvalue weighted by molar-refractivity contribution is -0.140. The van der Waals surface area contributed by atoms with Gasteiger partial charge < -0.3 is 20.1 Å². The van der Waals surface area contributed by atoms with Crippen molar-refractivity contribution < 1.29 is 24.2 Å². The SMILES string of the molecule is CCC(CNC(=O)OCC1c2ccccc2-c2ccccc21)CC(=O)N1CCCC1CC(=O)O. The molecule has 2 atom stereocenters. The van der Waals surface area contributed by atoms with Crippen LogP contribution in [-0.2, 0) is 14.3 Å². The molecule has 1 fully saturated rings. The van der Waals surface area contributed by atoms with Gasteiger partial charge in [0.15, 0.2) is 0 Å². The lowest BCUT2D eigenvalue weighted by Gasteiger charge is -2.26. The van der Waals surface area contributed by atoms with E-state index in [1.54, 1.807) is 4.90 Å². The van der Waals surface area contributed by atoms with Crippen LogP contribution in [0.5, 0.6) is 0 Å². The van der Waals surface area contributed by atoms with Crippen LogP contribution in [0.25, 0.3) is 11.1 Å². The van der Waals surface area contributed by atoms with Gasteiger partial charge in [0.05, 0.1) is 6.42 Å². The molecule has 1 aliphatic heterocycles. The summed E-state index contributed by atoms with van der Waals surface area (Å²) < 4.78 is 5.59. The van der Waals surface area contributed by atoms with Crippen molar-refractivity contribution in [3.63, 3.8) is 0 Å². The Hall–Kier alpha value is -3.35. The molecule has 7 nitrogen and oxygen atoms in total. The topological polar surface area (TPSA) is 95.9 Å². The van der Waals surface area contributed by atoms with Crippen molar-refractivity contribution >= 4 is 18.0 Å². The first-order valence-electron chi connectivity index (χ1n) is 12.1. The lowest BCUT2D eigenvalue weighted by atomic mass is 9.98. The first-order chi connectivity index (χ1) is 16.5. The molecule has 2 aromatic carbocycles. The number of hydrogen-bond acceptors (Lipinski definition) is 4. The van der Waals surface area contributed by atoms with Crippen LogP contribution < -0.4 is 5.32 Å². The Balaban J connectivity index is 1.28. The number of carbonyl (C=O) groups excluding carboxylic acids is 2. The minimum atomic E-state index is -0.881. The fourth-order valence-corrected chi connectivity index (χ4v) is 5.18. The van der Waals surface area contributed by atoms with Crippen LogP contribution in [0.1, 0.15) is 56.1 Å². The third-order valence-electron chi connectivity index (χ3n) is 7.03. The number of amides is 2. The molecule has 1 heterocycles. The fraction of sp³-hybridized carbons (Fsp3) is 0.444. The quantitative estimate of drug-likeness (QED) is 0.573. The van der Waals surface area contributed by atoms with Gasteiger partial charge in [-0.2, -0.15) is 0 Å². The first kappa shape index (κ1) is 23.8. The van der Waals surface area contributed by atoms with Crippen LogP contribution in [0, 0.1) is 5.92 Å². The highest BCUT2D eigenvalue weighted by atomic mass is 16.5. The summed E-state index contributed by atoms with van der Waals surface area (Å²) in [6, 6.07) is 16.2. The average Bonchev–Trinajstić information content (AvgIpc) is 3.42. The van der Waals surface area contributed by atoms with Gasteiger partial charge in [-0.05, 0) is 41.0 Å². The van der Waals surface area contributed by atoms with Gasteiger partial charge in [0.2, 0.25) is 5.91 Å². The van der Waals surface area contributed by atoms with E-state index in [1.165, 1.54) is 11.1 Å². The number of carbonyl (C=O) groups is 3. The molecular weight excluding hydrogens is 432 g/mol. The summed E-state index contributed by atoms with van der Waals surface area (Å²) >= 11 is 0. The Labute approximate surface area is 200 Å². The van der Waals surface area contributed by atoms with E-state index in [0.29, 0.717) is 13.1 Å². The Morgan fingerprint density at radius 2 is 1.74 bits per heavy atom. The van der Waals surface area contributed by atoms with E-state index in [0.717, 1.165) is 30.4 Å². The second-order valence-corrected chi connectivity index (χ2v) is 9.17. The summed E-state index contributed by atoms with van der Waals surface area (Å²) in [6.07, 6.45) is 2.08. The van der Waals surface area contributed by atoms with Crippen LogP contribution in [0.4, 0.5) is 4.79 Å². The number of nitrogens with zero attached hydrogens (tertiary/aromatic N) is 1. The highest BCUT2D eigenvalue weighted by Gasteiger charge is 2.32. The fourth-order valence-electron chi connectivity index (χ4n) is 5.18. The molecule has 0 spiro atoms. The van der Waals surface area contributed by atoms with Crippen LogP contribution in [0.15, 0.2) is 48.5 Å². The number of fused-ring (bicyclic) bond motifs is 3. The molecule has 1 aliphatic carbocycles. The summed E-state index contributed by atoms with van der Waals surface area (Å²) in [5, 5.41) is 11.9. The van der Waals surface area contributed by atoms with E-state index in [2.05, 4.69) is 29.6 Å². The smallest absolute Gasteiger partial charge is 0.407 e. The minimum Gasteiger partial charge on any atom is -0.481 e. The van der Waals surface area contributed by atoms with Gasteiger partial charge >= 0.3 is 12.1 Å². The van der Waals surface area contributed by atoms with Crippen molar-refractivity contribution in [2.45, 2.75) is 51.0 Å². The molecule has 2 amide bonds. The van der Waals surface area contributed by atoms with E-state index in [4.69, 9.17) is 9.84 Å². The predicted octanol–water partition coefficient (Wildman–Crippen LogP) is 4.41. The number of rotatable bonds is 9. The molecule has 0 radical (unpaired) electrons. The van der Waals surface area contributed by atoms with Gasteiger partial charge in [-0.1, -0.05) is 61.9 Å². The van der Waals surface area contributed by atoms with Gasteiger partial charge in [0.25, 0.3) is 0 Å². The molecule has 7 heteroatoms. The van der Waals surface area contributed by atoms with Gasteiger partial charge in [-0.3, -0.25) is 9.59 Å². The minimum absolute atomic E-state index is 0.00281. The zero-order chi connectivity index (χ0) is 24.1. The lowest BCUT2D eigenvalue weighted by Crippen LogP contribution is -2.39. The second kappa shape index (κ2) is 10.7. The molecule has 1 saturated heterocycles. The maximum Gasteiger partial charge on any atom is 0.407 e. The summed E-state index contributed by atoms with van der Waals surface area (Å²) in [6.45, 7) is 3.18. The van der Waals surface area contributed by atoms with Gasteiger partial charge in [-0.25, -0.2) is 4.79 Å². The van der Waals surface area contributed by atoms with Gasteiger partial charge in [0, 0.05) is 31.5 Å². The van der Waals surface area contributed by atoms with Crippen molar-refractivity contribution in [1.82, 2.24) is 10.2 Å². The third kappa shape index (κ3) is 5.24. The molecule has 2 N–H and O–H groups in total. The first-order valence-corrected chi connectivity index (χ1v) is 12.1. The summed E-state index contributed by atoms with van der Waals surface area (Å²) in [4.78, 5) is 38.0. The van der Waals surface area contributed by atoms with Crippen molar-refractivity contribution in [3.05, 3.63) is 59.7 Å². The summed E-state index contributed by atoms with van der Waals surface area (Å²) in [5.74, 6) is -0.944. The number of likely N-dealkylation sites (tertiary alicyclic amines) is 1. The number of aliphatic carboxylic acids is 1. The molecule has 34 heavy (non-hydrogen) atoms. The Kier molecular flexibility index (Phi) is 7.50. The summed E-state index contributed by atoms with van der Waals surface area (Å²) in [7, 11) is 0. The molecule has 180 valence electrons. The van der Waals surface area contributed by atoms with Crippen LogP contribution in [-0.4, -0.2) is 53.7 Å². The number of alkyl carbamates (subject to hydrolysis) is 1. The molecule has 0 bridgehead atoms. The van der Waals surface area contributed by atoms with Crippen LogP contribution in [0.2, 0.25) is 0 Å². The molecule has 4 rings (SSSR count). The molecule has 2 aliphatic rings. The van der Waals surface area contributed by atoms with Gasteiger partial charge in [0.1, 0.15) is 6.61 Å². The largest absolute Gasteiger partial charge is 0.481 e. The Bertz CT molecular complexity index is 1010. The van der Waals surface area contributed by atoms with Crippen molar-refractivity contribution in [2.75, 3.05) is 19.7 Å². The Morgan fingerprint density at radius 1 is 1.09 bits per heavy atom. The van der Waals surface area contributed by atoms with E-state index in [-0.39, 0.29) is 43.2 Å². The maximum atomic E-state index is 12.8. The molecule has 0 aromatic heterocycles. The van der Waals surface area contributed by atoms with Gasteiger partial charge in [-0.15, -0.1) is 0 Å². The molecular formula is C27H32N2O5. The monoisotopic (exact) mass is 464 g/mol.